The molecule has 0 saturated carbocycles. The lowest BCUT2D eigenvalue weighted by atomic mass is 10.2. The summed E-state index contributed by atoms with van der Waals surface area (Å²) in [6.07, 6.45) is -4.31. The van der Waals surface area contributed by atoms with Crippen molar-refractivity contribution < 1.29 is 26.4 Å². The summed E-state index contributed by atoms with van der Waals surface area (Å²) in [6, 6.07) is 3.00. The van der Waals surface area contributed by atoms with E-state index in [4.69, 9.17) is 0 Å². The van der Waals surface area contributed by atoms with Crippen LogP contribution in [0.4, 0.5) is 19.0 Å². The zero-order chi connectivity index (χ0) is 17.2. The molecule has 1 heterocycles. The molecule has 0 atom stereocenters. The number of nitrogens with one attached hydrogen (secondary N) is 1. The molecule has 0 unspecified atom stereocenters. The molecule has 5 nitrogen and oxygen atoms in total. The molecule has 1 rings (SSSR count). The molecule has 1 aromatic rings. The van der Waals surface area contributed by atoms with Gasteiger partial charge in [0.15, 0.2) is 9.84 Å². The van der Waals surface area contributed by atoms with Crippen molar-refractivity contribution in [1.29, 1.82) is 0 Å². The van der Waals surface area contributed by atoms with E-state index in [9.17, 15) is 26.4 Å². The summed E-state index contributed by atoms with van der Waals surface area (Å²) in [7, 11) is -3.73. The van der Waals surface area contributed by atoms with Gasteiger partial charge in [-0.3, -0.25) is 4.79 Å². The largest absolute Gasteiger partial charge is 0.433 e. The smallest absolute Gasteiger partial charge is 0.309 e. The summed E-state index contributed by atoms with van der Waals surface area (Å²) in [6.45, 7) is 4.07. The van der Waals surface area contributed by atoms with Crippen LogP contribution in [0.25, 0.3) is 0 Å². The van der Waals surface area contributed by atoms with Gasteiger partial charge < -0.3 is 5.32 Å². The third kappa shape index (κ3) is 3.96. The van der Waals surface area contributed by atoms with E-state index in [1.807, 2.05) is 0 Å². The van der Waals surface area contributed by atoms with Crippen LogP contribution in [0.15, 0.2) is 18.2 Å². The molecule has 9 heteroatoms. The van der Waals surface area contributed by atoms with Crippen LogP contribution >= 0.6 is 0 Å². The van der Waals surface area contributed by atoms with Gasteiger partial charge in [0.05, 0.1) is 5.75 Å². The van der Waals surface area contributed by atoms with Gasteiger partial charge in [0, 0.05) is 0 Å². The van der Waals surface area contributed by atoms with E-state index in [-0.39, 0.29) is 11.6 Å². The number of amides is 1. The predicted molar refractivity (Wildman–Crippen MR) is 76.0 cm³/mol. The van der Waals surface area contributed by atoms with E-state index >= 15 is 0 Å². The highest BCUT2D eigenvalue weighted by molar-refractivity contribution is 7.93. The van der Waals surface area contributed by atoms with Gasteiger partial charge >= 0.3 is 6.18 Å². The number of rotatable bonds is 5. The maximum absolute atomic E-state index is 12.6. The van der Waals surface area contributed by atoms with Crippen molar-refractivity contribution in [1.82, 2.24) is 4.98 Å². The van der Waals surface area contributed by atoms with E-state index in [2.05, 4.69) is 10.3 Å². The lowest BCUT2D eigenvalue weighted by Gasteiger charge is -2.23. The number of anilines is 1. The Bertz CT molecular complexity index is 655. The maximum atomic E-state index is 12.6. The molecule has 22 heavy (non-hydrogen) atoms. The van der Waals surface area contributed by atoms with E-state index in [0.29, 0.717) is 6.42 Å². The highest BCUT2D eigenvalue weighted by Gasteiger charge is 2.41. The average Bonchev–Trinajstić information content (AvgIpc) is 2.37. The second-order valence-corrected chi connectivity index (χ2v) is 7.85. The monoisotopic (exact) mass is 338 g/mol. The topological polar surface area (TPSA) is 76.1 Å². The number of aromatic nitrogens is 1. The summed E-state index contributed by atoms with van der Waals surface area (Å²) >= 11 is 0. The van der Waals surface area contributed by atoms with Crippen LogP contribution < -0.4 is 5.32 Å². The van der Waals surface area contributed by atoms with Gasteiger partial charge in [0.2, 0.25) is 5.91 Å². The minimum Gasteiger partial charge on any atom is -0.309 e. The highest BCUT2D eigenvalue weighted by Crippen LogP contribution is 2.28. The molecule has 0 aliphatic rings. The first kappa shape index (κ1) is 18.4. The number of carbonyl (C=O) groups excluding carboxylic acids is 1. The Morgan fingerprint density at radius 3 is 2.36 bits per heavy atom. The molecule has 1 aromatic heterocycles. The Kier molecular flexibility index (Phi) is 5.21. The van der Waals surface area contributed by atoms with Gasteiger partial charge in [-0.1, -0.05) is 13.0 Å². The number of nitrogens with zero attached hydrogens (tertiary/aromatic N) is 1. The third-order valence-corrected chi connectivity index (χ3v) is 5.76. The van der Waals surface area contributed by atoms with Crippen LogP contribution in [-0.4, -0.2) is 29.8 Å². The zero-order valence-corrected chi connectivity index (χ0v) is 13.2. The molecular formula is C13H17F3N2O3S. The predicted octanol–water partition coefficient (Wildman–Crippen LogP) is 2.64. The Morgan fingerprint density at radius 2 is 1.86 bits per heavy atom. The highest BCUT2D eigenvalue weighted by atomic mass is 32.2. The Balaban J connectivity index is 3.03. The van der Waals surface area contributed by atoms with Crippen molar-refractivity contribution in [3.8, 4) is 0 Å². The van der Waals surface area contributed by atoms with Crippen molar-refractivity contribution in [2.45, 2.75) is 38.1 Å². The molecule has 0 radical (unpaired) electrons. The van der Waals surface area contributed by atoms with Crippen LogP contribution in [0.3, 0.4) is 0 Å². The van der Waals surface area contributed by atoms with E-state index < -0.39 is 32.4 Å². The van der Waals surface area contributed by atoms with Gasteiger partial charge in [-0.05, 0) is 32.4 Å². The first-order valence-corrected chi connectivity index (χ1v) is 8.15. The second-order valence-electron chi connectivity index (χ2n) is 5.19. The maximum Gasteiger partial charge on any atom is 0.433 e. The van der Waals surface area contributed by atoms with Crippen LogP contribution in [0, 0.1) is 0 Å². The minimum atomic E-state index is -4.65. The van der Waals surface area contributed by atoms with Crippen molar-refractivity contribution in [3.05, 3.63) is 23.9 Å². The van der Waals surface area contributed by atoms with E-state index in [1.54, 1.807) is 6.92 Å². The summed E-state index contributed by atoms with van der Waals surface area (Å²) in [4.78, 5) is 15.4. The normalized spacial score (nSPS) is 13.0. The number of sulfone groups is 1. The minimum absolute atomic E-state index is 0.191. The van der Waals surface area contributed by atoms with E-state index in [0.717, 1.165) is 18.2 Å². The van der Waals surface area contributed by atoms with Gasteiger partial charge in [-0.2, -0.15) is 13.2 Å². The molecular weight excluding hydrogens is 321 g/mol. The second kappa shape index (κ2) is 6.23. The molecule has 124 valence electrons. The van der Waals surface area contributed by atoms with Crippen LogP contribution in [0.1, 0.15) is 32.9 Å². The number of hydrogen-bond acceptors (Lipinski definition) is 4. The summed E-state index contributed by atoms with van der Waals surface area (Å²) in [5, 5.41) is 2.13. The van der Waals surface area contributed by atoms with Crippen molar-refractivity contribution in [3.63, 3.8) is 0 Å². The molecule has 0 fully saturated rings. The number of pyridine rings is 1. The lowest BCUT2D eigenvalue weighted by molar-refractivity contribution is -0.141. The zero-order valence-electron chi connectivity index (χ0n) is 12.4. The van der Waals surface area contributed by atoms with Crippen molar-refractivity contribution in [2.24, 2.45) is 0 Å². The summed E-state index contributed by atoms with van der Waals surface area (Å²) in [5.74, 6) is -1.46. The fourth-order valence-corrected chi connectivity index (χ4v) is 2.98. The lowest BCUT2D eigenvalue weighted by Crippen LogP contribution is -2.45. The standard InChI is InChI=1S/C13H17F3N2O3S/c1-4-8-22(20,21)12(2,3)11(19)18-10-7-5-6-9(17-10)13(14,15)16/h5-7H,4,8H2,1-3H3,(H,17,18,19). The van der Waals surface area contributed by atoms with E-state index in [1.165, 1.54) is 13.8 Å². The van der Waals surface area contributed by atoms with Gasteiger partial charge in [0.1, 0.15) is 16.3 Å². The van der Waals surface area contributed by atoms with Crippen LogP contribution in [0.2, 0.25) is 0 Å². The van der Waals surface area contributed by atoms with Crippen molar-refractivity contribution in [2.75, 3.05) is 11.1 Å². The average molecular weight is 338 g/mol. The molecule has 0 aliphatic carbocycles. The Labute approximate surface area is 126 Å². The molecule has 1 amide bonds. The molecule has 0 saturated heterocycles. The number of alkyl halides is 3. The summed E-state index contributed by atoms with van der Waals surface area (Å²) in [5.41, 5.74) is -1.17. The Morgan fingerprint density at radius 1 is 1.27 bits per heavy atom. The van der Waals surface area contributed by atoms with Gasteiger partial charge in [-0.15, -0.1) is 0 Å². The van der Waals surface area contributed by atoms with Gasteiger partial charge in [-0.25, -0.2) is 13.4 Å². The molecule has 0 aromatic carbocycles. The number of carbonyl (C=O) groups is 1. The SMILES string of the molecule is CCCS(=O)(=O)C(C)(C)C(=O)Nc1cccc(C(F)(F)F)n1. The number of halogens is 3. The first-order valence-electron chi connectivity index (χ1n) is 6.50. The van der Waals surface area contributed by atoms with Crippen molar-refractivity contribution >= 4 is 21.6 Å². The molecule has 0 aliphatic heterocycles. The van der Waals surface area contributed by atoms with Gasteiger partial charge in [0.25, 0.3) is 0 Å². The first-order chi connectivity index (χ1) is 9.91. The molecule has 0 bridgehead atoms. The molecule has 0 spiro atoms. The Hall–Kier alpha value is -1.64. The summed E-state index contributed by atoms with van der Waals surface area (Å²) < 4.78 is 60.0. The quantitative estimate of drug-likeness (QED) is 0.895. The third-order valence-electron chi connectivity index (χ3n) is 3.08. The van der Waals surface area contributed by atoms with Crippen LogP contribution in [0.5, 0.6) is 0 Å². The fourth-order valence-electron chi connectivity index (χ4n) is 1.59. The number of hydrogen-bond donors (Lipinski definition) is 1. The van der Waals surface area contributed by atoms with Crippen LogP contribution in [-0.2, 0) is 20.8 Å². The fraction of sp³-hybridized carbons (Fsp3) is 0.538. The molecule has 1 N–H and O–H groups in total.